The number of nitrogens with one attached hydrogen (secondary N) is 1. The highest BCUT2D eigenvalue weighted by atomic mass is 35.5. The van der Waals surface area contributed by atoms with Crippen molar-refractivity contribution >= 4 is 72.8 Å². The molecular formula is C30H29Cl2NO3S2. The van der Waals surface area contributed by atoms with Crippen molar-refractivity contribution in [2.75, 3.05) is 11.9 Å². The summed E-state index contributed by atoms with van der Waals surface area (Å²) in [5.41, 5.74) is 3.48. The van der Waals surface area contributed by atoms with Crippen molar-refractivity contribution in [2.24, 2.45) is 0 Å². The van der Waals surface area contributed by atoms with Crippen LogP contribution < -0.4 is 5.32 Å². The Morgan fingerprint density at radius 3 is 2.47 bits per heavy atom. The third kappa shape index (κ3) is 5.50. The lowest BCUT2D eigenvalue weighted by molar-refractivity contribution is 0.0507. The Morgan fingerprint density at radius 2 is 1.76 bits per heavy atom. The predicted octanol–water partition coefficient (Wildman–Crippen LogP) is 10.1. The van der Waals surface area contributed by atoms with Crippen LogP contribution in [0, 0.1) is 6.92 Å². The zero-order valence-electron chi connectivity index (χ0n) is 21.4. The number of carbonyl (C=O) groups excluding carboxylic acids is 2. The fourth-order valence-electron chi connectivity index (χ4n) is 5.14. The number of hydrogen-bond donors (Lipinski definition) is 1. The van der Waals surface area contributed by atoms with Crippen LogP contribution in [0.2, 0.25) is 10.0 Å². The van der Waals surface area contributed by atoms with Gasteiger partial charge in [-0.15, -0.1) is 22.7 Å². The predicted molar refractivity (Wildman–Crippen MR) is 161 cm³/mol. The smallest absolute Gasteiger partial charge is 0.341 e. The van der Waals surface area contributed by atoms with E-state index in [-0.39, 0.29) is 5.91 Å². The molecule has 2 aromatic carbocycles. The van der Waals surface area contributed by atoms with Crippen molar-refractivity contribution in [3.8, 4) is 11.1 Å². The van der Waals surface area contributed by atoms with Gasteiger partial charge in [-0.05, 0) is 55.4 Å². The largest absolute Gasteiger partial charge is 0.462 e. The van der Waals surface area contributed by atoms with Crippen LogP contribution in [0.15, 0.2) is 42.5 Å². The summed E-state index contributed by atoms with van der Waals surface area (Å²) >= 11 is 15.4. The molecule has 0 unspecified atom stereocenters. The number of thiophene rings is 2. The summed E-state index contributed by atoms with van der Waals surface area (Å²) < 4.78 is 6.39. The number of esters is 1. The van der Waals surface area contributed by atoms with E-state index in [4.69, 9.17) is 27.9 Å². The maximum atomic E-state index is 13.4. The standard InChI is InChI=1S/C30H29Cl2NO3S2/c1-3-15-36-30(35)25-24(20-11-9-19(10-12-20)18-7-5-4-6-8-18)17(2)37-29(25)33-28(34)27-26(32)22-14-13-21(31)16-23(22)38-27/h9-14,16,18H,3-8,15H2,1-2H3,(H,33,34). The van der Waals surface area contributed by atoms with Gasteiger partial charge in [0.25, 0.3) is 5.91 Å². The third-order valence-corrected chi connectivity index (χ3v) is 9.94. The molecule has 2 aromatic heterocycles. The van der Waals surface area contributed by atoms with Crippen LogP contribution in [0.3, 0.4) is 0 Å². The molecule has 0 spiro atoms. The number of ether oxygens (including phenoxy) is 1. The first kappa shape index (κ1) is 27.2. The first-order valence-electron chi connectivity index (χ1n) is 13.0. The Bertz CT molecular complexity index is 1480. The van der Waals surface area contributed by atoms with E-state index < -0.39 is 5.97 Å². The van der Waals surface area contributed by atoms with Gasteiger partial charge < -0.3 is 10.1 Å². The van der Waals surface area contributed by atoms with E-state index >= 15 is 0 Å². The Balaban J connectivity index is 1.50. The van der Waals surface area contributed by atoms with Gasteiger partial charge in [-0.2, -0.15) is 0 Å². The number of benzene rings is 2. The molecule has 5 rings (SSSR count). The molecule has 4 nitrogen and oxygen atoms in total. The fraction of sp³-hybridized carbons (Fsp3) is 0.333. The highest BCUT2D eigenvalue weighted by Crippen LogP contribution is 2.43. The minimum absolute atomic E-state index is 0.310. The lowest BCUT2D eigenvalue weighted by atomic mass is 9.83. The van der Waals surface area contributed by atoms with Gasteiger partial charge in [-0.1, -0.05) is 79.7 Å². The zero-order valence-corrected chi connectivity index (χ0v) is 24.5. The highest BCUT2D eigenvalue weighted by molar-refractivity contribution is 7.22. The van der Waals surface area contributed by atoms with Crippen LogP contribution in [0.1, 0.15) is 81.8 Å². The topological polar surface area (TPSA) is 55.4 Å². The van der Waals surface area contributed by atoms with Gasteiger partial charge in [0.05, 0.1) is 11.6 Å². The van der Waals surface area contributed by atoms with E-state index in [1.807, 2.05) is 19.9 Å². The summed E-state index contributed by atoms with van der Waals surface area (Å²) in [5, 5.41) is 5.16. The molecule has 1 amide bonds. The number of halogens is 2. The Morgan fingerprint density at radius 1 is 1.03 bits per heavy atom. The van der Waals surface area contributed by atoms with Crippen LogP contribution in [-0.2, 0) is 4.74 Å². The monoisotopic (exact) mass is 585 g/mol. The summed E-state index contributed by atoms with van der Waals surface area (Å²) in [6.07, 6.45) is 7.05. The lowest BCUT2D eigenvalue weighted by Gasteiger charge is -2.22. The molecule has 0 bridgehead atoms. The van der Waals surface area contributed by atoms with Gasteiger partial charge in [-0.3, -0.25) is 4.79 Å². The molecule has 1 saturated carbocycles. The van der Waals surface area contributed by atoms with Crippen molar-refractivity contribution in [1.82, 2.24) is 0 Å². The Labute approximate surface area is 240 Å². The minimum Gasteiger partial charge on any atom is -0.462 e. The van der Waals surface area contributed by atoms with Crippen molar-refractivity contribution in [2.45, 2.75) is 58.3 Å². The first-order chi connectivity index (χ1) is 18.4. The average molecular weight is 587 g/mol. The van der Waals surface area contributed by atoms with Crippen molar-refractivity contribution in [1.29, 1.82) is 0 Å². The number of amides is 1. The molecular weight excluding hydrogens is 557 g/mol. The molecule has 8 heteroatoms. The molecule has 0 atom stereocenters. The Hall–Kier alpha value is -2.38. The number of rotatable bonds is 7. The number of aryl methyl sites for hydroxylation is 1. The SMILES string of the molecule is CCCOC(=O)c1c(NC(=O)c2sc3cc(Cl)ccc3c2Cl)sc(C)c1-c1ccc(C2CCCCC2)cc1. The molecule has 1 aliphatic carbocycles. The van der Waals surface area contributed by atoms with Crippen LogP contribution >= 0.6 is 45.9 Å². The van der Waals surface area contributed by atoms with E-state index in [9.17, 15) is 9.59 Å². The summed E-state index contributed by atoms with van der Waals surface area (Å²) in [6, 6.07) is 13.9. The van der Waals surface area contributed by atoms with Crippen molar-refractivity contribution < 1.29 is 14.3 Å². The number of anilines is 1. The second kappa shape index (κ2) is 11.8. The van der Waals surface area contributed by atoms with Crippen LogP contribution in [0.5, 0.6) is 0 Å². The second-order valence-electron chi connectivity index (χ2n) is 9.67. The van der Waals surface area contributed by atoms with Crippen molar-refractivity contribution in [3.05, 3.63) is 73.4 Å². The molecule has 198 valence electrons. The molecule has 38 heavy (non-hydrogen) atoms. The van der Waals surface area contributed by atoms with E-state index in [0.717, 1.165) is 26.1 Å². The zero-order chi connectivity index (χ0) is 26.8. The number of hydrogen-bond acceptors (Lipinski definition) is 5. The van der Waals surface area contributed by atoms with E-state index in [0.29, 0.717) is 44.4 Å². The Kier molecular flexibility index (Phi) is 8.44. The number of carbonyl (C=O) groups is 2. The maximum absolute atomic E-state index is 13.4. The van der Waals surface area contributed by atoms with E-state index in [2.05, 4.69) is 29.6 Å². The summed E-state index contributed by atoms with van der Waals surface area (Å²) in [7, 11) is 0. The van der Waals surface area contributed by atoms with Gasteiger partial charge in [0.15, 0.2) is 0 Å². The normalized spacial score (nSPS) is 14.1. The summed E-state index contributed by atoms with van der Waals surface area (Å²) in [4.78, 5) is 28.0. The summed E-state index contributed by atoms with van der Waals surface area (Å²) in [5.74, 6) is -0.199. The summed E-state index contributed by atoms with van der Waals surface area (Å²) in [6.45, 7) is 4.23. The lowest BCUT2D eigenvalue weighted by Crippen LogP contribution is -2.14. The molecule has 0 saturated heterocycles. The molecule has 1 N–H and O–H groups in total. The molecule has 0 radical (unpaired) electrons. The average Bonchev–Trinajstić information content (AvgIpc) is 3.43. The van der Waals surface area contributed by atoms with Gasteiger partial charge in [0.2, 0.25) is 0 Å². The molecule has 1 fully saturated rings. The molecule has 2 heterocycles. The van der Waals surface area contributed by atoms with Gasteiger partial charge >= 0.3 is 5.97 Å². The van der Waals surface area contributed by atoms with Crippen LogP contribution in [0.25, 0.3) is 21.2 Å². The fourth-order valence-corrected chi connectivity index (χ4v) is 7.89. The van der Waals surface area contributed by atoms with Crippen molar-refractivity contribution in [3.63, 3.8) is 0 Å². The van der Waals surface area contributed by atoms with E-state index in [1.165, 1.54) is 60.3 Å². The molecule has 0 aliphatic heterocycles. The van der Waals surface area contributed by atoms with Gasteiger partial charge in [-0.25, -0.2) is 4.79 Å². The number of fused-ring (bicyclic) bond motifs is 1. The van der Waals surface area contributed by atoms with Gasteiger partial charge in [0.1, 0.15) is 15.4 Å². The maximum Gasteiger partial charge on any atom is 0.341 e. The first-order valence-corrected chi connectivity index (χ1v) is 15.4. The third-order valence-electron chi connectivity index (χ3n) is 7.03. The van der Waals surface area contributed by atoms with Gasteiger partial charge in [0, 0.05) is 25.5 Å². The van der Waals surface area contributed by atoms with Crippen LogP contribution in [-0.4, -0.2) is 18.5 Å². The molecule has 1 aliphatic rings. The van der Waals surface area contributed by atoms with E-state index in [1.54, 1.807) is 12.1 Å². The van der Waals surface area contributed by atoms with Crippen LogP contribution in [0.4, 0.5) is 5.00 Å². The second-order valence-corrected chi connectivity index (χ2v) is 12.8. The quantitative estimate of drug-likeness (QED) is 0.219. The highest BCUT2D eigenvalue weighted by Gasteiger charge is 2.27. The molecule has 4 aromatic rings. The minimum atomic E-state index is -0.438.